The summed E-state index contributed by atoms with van der Waals surface area (Å²) in [5, 5.41) is 0. The molecule has 122 valence electrons. The summed E-state index contributed by atoms with van der Waals surface area (Å²) >= 11 is 0. The van der Waals surface area contributed by atoms with Gasteiger partial charge in [-0.3, -0.25) is 0 Å². The molecule has 0 spiro atoms. The molecule has 1 aliphatic rings. The summed E-state index contributed by atoms with van der Waals surface area (Å²) in [6.07, 6.45) is 0. The van der Waals surface area contributed by atoms with Crippen LogP contribution < -0.4 is 9.47 Å². The van der Waals surface area contributed by atoms with Crippen LogP contribution in [0.4, 0.5) is 0 Å². The Balaban J connectivity index is 1.98. The van der Waals surface area contributed by atoms with E-state index in [0.29, 0.717) is 18.8 Å². The Bertz CT molecular complexity index is 846. The van der Waals surface area contributed by atoms with Gasteiger partial charge in [0.15, 0.2) is 0 Å². The van der Waals surface area contributed by atoms with Crippen LogP contribution in [0.15, 0.2) is 41.3 Å². The van der Waals surface area contributed by atoms with Crippen LogP contribution in [0.5, 0.6) is 11.5 Å². The fraction of sp³-hybridized carbons (Fsp3) is 0.294. The summed E-state index contributed by atoms with van der Waals surface area (Å²) in [6, 6.07) is 10.8. The molecule has 0 aliphatic carbocycles. The van der Waals surface area contributed by atoms with Crippen LogP contribution in [0.2, 0.25) is 0 Å². The van der Waals surface area contributed by atoms with Crippen LogP contribution in [-0.2, 0) is 23.1 Å². The van der Waals surface area contributed by atoms with Gasteiger partial charge in [-0.05, 0) is 30.2 Å². The van der Waals surface area contributed by atoms with Crippen LogP contribution in [0, 0.1) is 6.92 Å². The number of aryl methyl sites for hydroxylation is 1. The number of methoxy groups -OCH3 is 2. The average Bonchev–Trinajstić information content (AvgIpc) is 2.98. The lowest BCUT2D eigenvalue weighted by Crippen LogP contribution is -2.26. The zero-order chi connectivity index (χ0) is 16.6. The maximum atomic E-state index is 13.0. The lowest BCUT2D eigenvalue weighted by molar-refractivity contribution is 0.380. The number of hydrogen-bond donors (Lipinski definition) is 0. The Hall–Kier alpha value is -2.05. The van der Waals surface area contributed by atoms with Crippen LogP contribution >= 0.6 is 0 Å². The van der Waals surface area contributed by atoms with Crippen LogP contribution in [0.3, 0.4) is 0 Å². The van der Waals surface area contributed by atoms with Gasteiger partial charge in [0.1, 0.15) is 16.4 Å². The van der Waals surface area contributed by atoms with E-state index in [1.807, 2.05) is 25.1 Å². The molecule has 0 fully saturated rings. The molecule has 0 unspecified atom stereocenters. The molecule has 0 N–H and O–H groups in total. The molecule has 0 bridgehead atoms. The maximum Gasteiger partial charge on any atom is 0.247 e. The van der Waals surface area contributed by atoms with Crippen LogP contribution in [0.25, 0.3) is 0 Å². The first-order valence-corrected chi connectivity index (χ1v) is 8.70. The number of benzene rings is 2. The molecule has 1 heterocycles. The lowest BCUT2D eigenvalue weighted by Gasteiger charge is -2.18. The van der Waals surface area contributed by atoms with Crippen molar-refractivity contribution < 1.29 is 17.9 Å². The van der Waals surface area contributed by atoms with E-state index in [0.717, 1.165) is 16.7 Å². The minimum atomic E-state index is -3.63. The SMILES string of the molecule is COc1ccc(S(=O)(=O)N2Cc3ccc(C)cc3C2)c(OC)c1. The first-order valence-electron chi connectivity index (χ1n) is 7.26. The second-order valence-corrected chi connectivity index (χ2v) is 7.47. The second kappa shape index (κ2) is 5.86. The third-order valence-electron chi connectivity index (χ3n) is 4.04. The normalized spacial score (nSPS) is 14.6. The molecule has 3 rings (SSSR count). The van der Waals surface area contributed by atoms with Gasteiger partial charge in [0.05, 0.1) is 14.2 Å². The third kappa shape index (κ3) is 2.80. The number of hydrogen-bond acceptors (Lipinski definition) is 4. The first-order chi connectivity index (χ1) is 11.0. The molecule has 0 aromatic heterocycles. The molecule has 0 atom stereocenters. The van der Waals surface area contributed by atoms with E-state index >= 15 is 0 Å². The van der Waals surface area contributed by atoms with Crippen molar-refractivity contribution in [1.82, 2.24) is 4.31 Å². The van der Waals surface area contributed by atoms with Crippen molar-refractivity contribution in [2.45, 2.75) is 24.9 Å². The highest BCUT2D eigenvalue weighted by Crippen LogP contribution is 2.34. The van der Waals surface area contributed by atoms with Crippen molar-refractivity contribution >= 4 is 10.0 Å². The standard InChI is InChI=1S/C17H19NO4S/c1-12-4-5-13-10-18(11-14(13)8-12)23(19,20)17-7-6-15(21-2)9-16(17)22-3/h4-9H,10-11H2,1-3H3. The van der Waals surface area contributed by atoms with Crippen molar-refractivity contribution in [3.8, 4) is 11.5 Å². The molecule has 5 nitrogen and oxygen atoms in total. The van der Waals surface area contributed by atoms with Gasteiger partial charge in [-0.2, -0.15) is 4.31 Å². The molecule has 0 amide bonds. The van der Waals surface area contributed by atoms with Crippen molar-refractivity contribution in [2.24, 2.45) is 0 Å². The van der Waals surface area contributed by atoms with Crippen molar-refractivity contribution in [2.75, 3.05) is 14.2 Å². The summed E-state index contributed by atoms with van der Waals surface area (Å²) in [7, 11) is -0.650. The number of nitrogens with zero attached hydrogens (tertiary/aromatic N) is 1. The van der Waals surface area contributed by atoms with Gasteiger partial charge in [0.2, 0.25) is 10.0 Å². The fourth-order valence-electron chi connectivity index (χ4n) is 2.79. The minimum Gasteiger partial charge on any atom is -0.497 e. The van der Waals surface area contributed by atoms with E-state index in [4.69, 9.17) is 9.47 Å². The van der Waals surface area contributed by atoms with Gasteiger partial charge < -0.3 is 9.47 Å². The Morgan fingerprint density at radius 3 is 2.39 bits per heavy atom. The number of sulfonamides is 1. The van der Waals surface area contributed by atoms with Crippen molar-refractivity contribution in [3.05, 3.63) is 53.1 Å². The van der Waals surface area contributed by atoms with Crippen molar-refractivity contribution in [3.63, 3.8) is 0 Å². The highest BCUT2D eigenvalue weighted by molar-refractivity contribution is 7.89. The minimum absolute atomic E-state index is 0.158. The molecular weight excluding hydrogens is 314 g/mol. The first kappa shape index (κ1) is 15.8. The predicted molar refractivity (Wildman–Crippen MR) is 87.2 cm³/mol. The Morgan fingerprint density at radius 1 is 0.957 bits per heavy atom. The monoisotopic (exact) mass is 333 g/mol. The second-order valence-electron chi connectivity index (χ2n) is 5.56. The smallest absolute Gasteiger partial charge is 0.247 e. The predicted octanol–water partition coefficient (Wildman–Crippen LogP) is 2.72. The molecule has 2 aromatic rings. The highest BCUT2D eigenvalue weighted by atomic mass is 32.2. The Labute approximate surface area is 136 Å². The summed E-state index contributed by atoms with van der Waals surface area (Å²) < 4.78 is 37.8. The summed E-state index contributed by atoms with van der Waals surface area (Å²) in [6.45, 7) is 2.77. The summed E-state index contributed by atoms with van der Waals surface area (Å²) in [4.78, 5) is 0.158. The van der Waals surface area contributed by atoms with Crippen LogP contribution in [0.1, 0.15) is 16.7 Å². The topological polar surface area (TPSA) is 55.8 Å². The Morgan fingerprint density at radius 2 is 1.70 bits per heavy atom. The Kier molecular flexibility index (Phi) is 4.04. The molecule has 2 aromatic carbocycles. The molecular formula is C17H19NO4S. The van der Waals surface area contributed by atoms with Crippen LogP contribution in [-0.4, -0.2) is 26.9 Å². The zero-order valence-electron chi connectivity index (χ0n) is 13.4. The van der Waals surface area contributed by atoms with E-state index < -0.39 is 10.0 Å². The largest absolute Gasteiger partial charge is 0.497 e. The molecule has 0 saturated carbocycles. The summed E-state index contributed by atoms with van der Waals surface area (Å²) in [5.74, 6) is 0.845. The summed E-state index contributed by atoms with van der Waals surface area (Å²) in [5.41, 5.74) is 3.23. The zero-order valence-corrected chi connectivity index (χ0v) is 14.2. The third-order valence-corrected chi connectivity index (χ3v) is 5.87. The average molecular weight is 333 g/mol. The maximum absolute atomic E-state index is 13.0. The molecule has 0 radical (unpaired) electrons. The number of fused-ring (bicyclic) bond motifs is 1. The van der Waals surface area contributed by atoms with Gasteiger partial charge in [-0.15, -0.1) is 0 Å². The molecule has 0 saturated heterocycles. The highest BCUT2D eigenvalue weighted by Gasteiger charge is 2.32. The fourth-order valence-corrected chi connectivity index (χ4v) is 4.32. The van der Waals surface area contributed by atoms with E-state index in [9.17, 15) is 8.42 Å². The lowest BCUT2D eigenvalue weighted by atomic mass is 10.1. The molecule has 23 heavy (non-hydrogen) atoms. The van der Waals surface area contributed by atoms with Gasteiger partial charge in [-0.25, -0.2) is 8.42 Å². The van der Waals surface area contributed by atoms with E-state index in [-0.39, 0.29) is 10.6 Å². The molecule has 6 heteroatoms. The van der Waals surface area contributed by atoms with Gasteiger partial charge in [0.25, 0.3) is 0 Å². The number of ether oxygens (including phenoxy) is 2. The molecule has 1 aliphatic heterocycles. The van der Waals surface area contributed by atoms with Gasteiger partial charge in [0, 0.05) is 19.2 Å². The quantitative estimate of drug-likeness (QED) is 0.863. The van der Waals surface area contributed by atoms with Gasteiger partial charge >= 0.3 is 0 Å². The van der Waals surface area contributed by atoms with E-state index in [2.05, 4.69) is 0 Å². The van der Waals surface area contributed by atoms with Gasteiger partial charge in [-0.1, -0.05) is 23.8 Å². The van der Waals surface area contributed by atoms with E-state index in [1.54, 1.807) is 12.1 Å². The van der Waals surface area contributed by atoms with E-state index in [1.165, 1.54) is 24.6 Å². The number of rotatable bonds is 4. The van der Waals surface area contributed by atoms with Crippen molar-refractivity contribution in [1.29, 1.82) is 0 Å².